The Bertz CT molecular complexity index is 266. The molecule has 0 rings (SSSR count). The number of rotatable bonds is 3. The predicted octanol–water partition coefficient (Wildman–Crippen LogP) is 0.107. The number of carbonyl (C=O) groups excluding carboxylic acids is 1. The lowest BCUT2D eigenvalue weighted by molar-refractivity contribution is -0.122. The molecule has 0 aromatic carbocycles. The average Bonchev–Trinajstić information content (AvgIpc) is 1.85. The van der Waals surface area contributed by atoms with Crippen LogP contribution in [0.15, 0.2) is 0 Å². The first-order valence-corrected chi connectivity index (χ1v) is 5.41. The molecule has 0 saturated carbocycles. The molecule has 4 nitrogen and oxygen atoms in total. The van der Waals surface area contributed by atoms with E-state index in [1.165, 1.54) is 20.4 Å². The van der Waals surface area contributed by atoms with Gasteiger partial charge < -0.3 is 5.32 Å². The van der Waals surface area contributed by atoms with Crippen LogP contribution < -0.4 is 5.32 Å². The maximum atomic E-state index is 11.2. The largest absolute Gasteiger partial charge is 0.350 e. The fraction of sp³-hybridized carbons (Fsp3) is 0.714. The normalized spacial score (nSPS) is 12.7. The van der Waals surface area contributed by atoms with Gasteiger partial charge in [-0.05, 0) is 20.8 Å². The van der Waals surface area contributed by atoms with Gasteiger partial charge in [-0.2, -0.15) is 0 Å². The van der Waals surface area contributed by atoms with Crippen LogP contribution in [0.1, 0.15) is 20.8 Å². The van der Waals surface area contributed by atoms with Gasteiger partial charge in [0.25, 0.3) is 0 Å². The lowest BCUT2D eigenvalue weighted by atomic mass is 10.2. The molecule has 12 heavy (non-hydrogen) atoms. The van der Waals surface area contributed by atoms with E-state index in [9.17, 15) is 13.2 Å². The summed E-state index contributed by atoms with van der Waals surface area (Å²) in [7, 11) is -3.36. The van der Waals surface area contributed by atoms with Gasteiger partial charge >= 0.3 is 0 Å². The Morgan fingerprint density at radius 2 is 1.83 bits per heavy atom. The van der Waals surface area contributed by atoms with Crippen LogP contribution in [-0.4, -0.2) is 25.3 Å². The molecule has 0 atom stereocenters. The third-order valence-corrected chi connectivity index (χ3v) is 3.79. The van der Waals surface area contributed by atoms with E-state index in [4.69, 9.17) is 0 Å². The summed E-state index contributed by atoms with van der Waals surface area (Å²) >= 11 is 0. The molecule has 71 valence electrons. The van der Waals surface area contributed by atoms with Crippen molar-refractivity contribution in [2.75, 3.05) is 6.26 Å². The zero-order valence-electron chi connectivity index (χ0n) is 7.71. The van der Waals surface area contributed by atoms with Crippen LogP contribution in [-0.2, 0) is 14.6 Å². The van der Waals surface area contributed by atoms with Crippen molar-refractivity contribution in [3.8, 4) is 0 Å². The van der Waals surface area contributed by atoms with Crippen molar-refractivity contribution >= 4 is 15.7 Å². The molecule has 0 fully saturated rings. The molecule has 0 unspecified atom stereocenters. The van der Waals surface area contributed by atoms with Crippen LogP contribution in [0.3, 0.4) is 0 Å². The van der Waals surface area contributed by atoms with Crippen molar-refractivity contribution < 1.29 is 13.2 Å². The standard InChI is InChI=1S/C7H14NO3S/c1-5-8-6(9)7(2,3)12(4,10)11/h5H,1-4H3,(H,8,9). The minimum Gasteiger partial charge on any atom is -0.350 e. The summed E-state index contributed by atoms with van der Waals surface area (Å²) in [6.45, 7) is 5.79. The van der Waals surface area contributed by atoms with Crippen molar-refractivity contribution in [3.63, 3.8) is 0 Å². The van der Waals surface area contributed by atoms with E-state index < -0.39 is 20.5 Å². The topological polar surface area (TPSA) is 63.2 Å². The smallest absolute Gasteiger partial charge is 0.241 e. The second-order valence-corrected chi connectivity index (χ2v) is 5.61. The van der Waals surface area contributed by atoms with Gasteiger partial charge in [0.05, 0.1) is 0 Å². The molecule has 0 heterocycles. The van der Waals surface area contributed by atoms with Gasteiger partial charge in [-0.25, -0.2) is 8.42 Å². The lowest BCUT2D eigenvalue weighted by Gasteiger charge is -2.20. The Kier molecular flexibility index (Phi) is 3.26. The average molecular weight is 192 g/mol. The van der Waals surface area contributed by atoms with E-state index >= 15 is 0 Å². The molecule has 0 spiro atoms. The molecule has 1 N–H and O–H groups in total. The summed E-state index contributed by atoms with van der Waals surface area (Å²) in [5.74, 6) is -0.507. The fourth-order valence-corrected chi connectivity index (χ4v) is 0.869. The van der Waals surface area contributed by atoms with Gasteiger partial charge in [0.15, 0.2) is 9.84 Å². The van der Waals surface area contributed by atoms with E-state index in [-0.39, 0.29) is 0 Å². The van der Waals surface area contributed by atoms with Gasteiger partial charge in [0.2, 0.25) is 5.91 Å². The van der Waals surface area contributed by atoms with Gasteiger partial charge in [0, 0.05) is 12.8 Å². The number of hydrogen-bond donors (Lipinski definition) is 1. The number of amides is 1. The second kappa shape index (κ2) is 3.43. The Morgan fingerprint density at radius 3 is 2.08 bits per heavy atom. The Balaban J connectivity index is 4.75. The van der Waals surface area contributed by atoms with Crippen molar-refractivity contribution in [1.29, 1.82) is 0 Å². The second-order valence-electron chi connectivity index (χ2n) is 3.04. The highest BCUT2D eigenvalue weighted by molar-refractivity contribution is 7.92. The number of nitrogens with one attached hydrogen (secondary N) is 1. The maximum absolute atomic E-state index is 11.2. The molecule has 0 aliphatic heterocycles. The highest BCUT2D eigenvalue weighted by Gasteiger charge is 2.37. The molecule has 0 saturated heterocycles. The lowest BCUT2D eigenvalue weighted by Crippen LogP contribution is -2.46. The molecule has 0 aromatic rings. The summed E-state index contributed by atoms with van der Waals surface area (Å²) in [4.78, 5) is 11.2. The monoisotopic (exact) mass is 192 g/mol. The number of sulfone groups is 1. The number of carbonyl (C=O) groups is 1. The summed E-state index contributed by atoms with van der Waals surface area (Å²) in [5, 5.41) is 2.35. The highest BCUT2D eigenvalue weighted by Crippen LogP contribution is 2.14. The minimum absolute atomic E-state index is 0.507. The van der Waals surface area contributed by atoms with Crippen LogP contribution in [0.2, 0.25) is 0 Å². The van der Waals surface area contributed by atoms with E-state index in [0.717, 1.165) is 6.26 Å². The molecule has 0 bridgehead atoms. The SMILES string of the molecule is C[CH]NC(=O)C(C)(C)S(C)(=O)=O. The highest BCUT2D eigenvalue weighted by atomic mass is 32.2. The molecule has 0 aliphatic rings. The molecule has 1 amide bonds. The van der Waals surface area contributed by atoms with Gasteiger partial charge in [0.1, 0.15) is 4.75 Å². The quantitative estimate of drug-likeness (QED) is 0.690. The maximum Gasteiger partial charge on any atom is 0.241 e. The van der Waals surface area contributed by atoms with Crippen LogP contribution in [0.25, 0.3) is 0 Å². The first kappa shape index (κ1) is 11.4. The summed E-state index contributed by atoms with van der Waals surface area (Å²) in [5.41, 5.74) is 0. The third kappa shape index (κ3) is 2.20. The third-order valence-electron chi connectivity index (χ3n) is 1.75. The first-order valence-electron chi connectivity index (χ1n) is 3.52. The molecule has 0 aliphatic carbocycles. The summed E-state index contributed by atoms with van der Waals surface area (Å²) < 4.78 is 20.8. The zero-order chi connectivity index (χ0) is 9.99. The summed E-state index contributed by atoms with van der Waals surface area (Å²) in [6.07, 6.45) is 1.04. The Morgan fingerprint density at radius 1 is 1.42 bits per heavy atom. The number of hydrogen-bond acceptors (Lipinski definition) is 3. The van der Waals surface area contributed by atoms with Gasteiger partial charge in [-0.15, -0.1) is 0 Å². The van der Waals surface area contributed by atoms with E-state index in [1.54, 1.807) is 6.92 Å². The van der Waals surface area contributed by atoms with Crippen molar-refractivity contribution in [3.05, 3.63) is 6.54 Å². The van der Waals surface area contributed by atoms with Gasteiger partial charge in [-0.3, -0.25) is 4.79 Å². The van der Waals surface area contributed by atoms with Crippen LogP contribution in [0, 0.1) is 6.54 Å². The van der Waals surface area contributed by atoms with Crippen molar-refractivity contribution in [2.45, 2.75) is 25.5 Å². The van der Waals surface area contributed by atoms with Gasteiger partial charge in [-0.1, -0.05) is 0 Å². The molecule has 0 aromatic heterocycles. The predicted molar refractivity (Wildman–Crippen MR) is 47.0 cm³/mol. The van der Waals surface area contributed by atoms with Crippen LogP contribution >= 0.6 is 0 Å². The van der Waals surface area contributed by atoms with E-state index in [1.807, 2.05) is 0 Å². The zero-order valence-corrected chi connectivity index (χ0v) is 8.53. The molecular formula is C7H14NO3S. The van der Waals surface area contributed by atoms with Crippen LogP contribution in [0.4, 0.5) is 0 Å². The summed E-state index contributed by atoms with van der Waals surface area (Å²) in [6, 6.07) is 0. The van der Waals surface area contributed by atoms with Crippen LogP contribution in [0.5, 0.6) is 0 Å². The van der Waals surface area contributed by atoms with Crippen molar-refractivity contribution in [1.82, 2.24) is 5.32 Å². The Labute approximate surface area is 73.3 Å². The van der Waals surface area contributed by atoms with E-state index in [2.05, 4.69) is 5.32 Å². The Hall–Kier alpha value is -0.580. The molecular weight excluding hydrogens is 178 g/mol. The first-order chi connectivity index (χ1) is 5.23. The minimum atomic E-state index is -3.36. The molecule has 5 heteroatoms. The molecule has 1 radical (unpaired) electrons. The van der Waals surface area contributed by atoms with Crippen molar-refractivity contribution in [2.24, 2.45) is 0 Å². The van der Waals surface area contributed by atoms with E-state index in [0.29, 0.717) is 0 Å². The fourth-order valence-electron chi connectivity index (χ4n) is 0.473.